The SMILES string of the molecule is CCCCCCCCCCCCN=C(N)N.Cl. The van der Waals surface area contributed by atoms with Crippen LogP contribution in [0.1, 0.15) is 71.1 Å². The van der Waals surface area contributed by atoms with Crippen LogP contribution in [0.4, 0.5) is 0 Å². The highest BCUT2D eigenvalue weighted by Gasteiger charge is 1.92. The third-order valence-corrected chi connectivity index (χ3v) is 2.81. The van der Waals surface area contributed by atoms with Gasteiger partial charge in [0, 0.05) is 6.54 Å². The predicted molar refractivity (Wildman–Crippen MR) is 79.8 cm³/mol. The fraction of sp³-hybridized carbons (Fsp3) is 0.923. The zero-order chi connectivity index (χ0) is 12.1. The van der Waals surface area contributed by atoms with Crippen molar-refractivity contribution in [3.05, 3.63) is 0 Å². The van der Waals surface area contributed by atoms with Crippen LogP contribution in [-0.2, 0) is 0 Å². The second kappa shape index (κ2) is 15.6. The number of aliphatic imine (C=N–C) groups is 1. The second-order valence-corrected chi connectivity index (χ2v) is 4.49. The van der Waals surface area contributed by atoms with Crippen LogP contribution in [0.5, 0.6) is 0 Å². The molecule has 4 N–H and O–H groups in total. The Kier molecular flexibility index (Phi) is 17.3. The molecule has 0 heterocycles. The Morgan fingerprint density at radius 3 is 1.59 bits per heavy atom. The van der Waals surface area contributed by atoms with Gasteiger partial charge < -0.3 is 11.5 Å². The van der Waals surface area contributed by atoms with Crippen LogP contribution in [0, 0.1) is 0 Å². The number of hydrogen-bond donors (Lipinski definition) is 2. The lowest BCUT2D eigenvalue weighted by Gasteiger charge is -2.01. The van der Waals surface area contributed by atoms with Gasteiger partial charge in [-0.3, -0.25) is 4.99 Å². The summed E-state index contributed by atoms with van der Waals surface area (Å²) >= 11 is 0. The van der Waals surface area contributed by atoms with Crippen LogP contribution < -0.4 is 11.5 Å². The average Bonchev–Trinajstić information content (AvgIpc) is 2.25. The molecule has 0 aliphatic rings. The maximum atomic E-state index is 5.24. The van der Waals surface area contributed by atoms with Crippen LogP contribution >= 0.6 is 12.4 Å². The molecule has 0 aliphatic carbocycles. The first kappa shape index (κ1) is 18.9. The second-order valence-electron chi connectivity index (χ2n) is 4.49. The number of hydrogen-bond acceptors (Lipinski definition) is 1. The summed E-state index contributed by atoms with van der Waals surface area (Å²) in [5, 5.41) is 0. The van der Waals surface area contributed by atoms with Gasteiger partial charge in [0.15, 0.2) is 5.96 Å². The fourth-order valence-electron chi connectivity index (χ4n) is 1.81. The highest BCUT2D eigenvalue weighted by atomic mass is 35.5. The summed E-state index contributed by atoms with van der Waals surface area (Å²) in [5.41, 5.74) is 10.5. The summed E-state index contributed by atoms with van der Waals surface area (Å²) in [6.45, 7) is 3.05. The number of guanidine groups is 1. The van der Waals surface area contributed by atoms with Crippen molar-refractivity contribution >= 4 is 18.4 Å². The molecule has 0 fully saturated rings. The monoisotopic (exact) mass is 263 g/mol. The van der Waals surface area contributed by atoms with E-state index in [1.54, 1.807) is 0 Å². The van der Waals surface area contributed by atoms with Gasteiger partial charge in [-0.2, -0.15) is 0 Å². The van der Waals surface area contributed by atoms with E-state index < -0.39 is 0 Å². The van der Waals surface area contributed by atoms with Crippen molar-refractivity contribution in [2.45, 2.75) is 71.1 Å². The predicted octanol–water partition coefficient (Wildman–Crippen LogP) is 3.60. The highest BCUT2D eigenvalue weighted by molar-refractivity contribution is 5.85. The maximum Gasteiger partial charge on any atom is 0.185 e. The summed E-state index contributed by atoms with van der Waals surface area (Å²) in [5.74, 6) is 0.218. The molecule has 0 atom stereocenters. The zero-order valence-electron chi connectivity index (χ0n) is 11.3. The van der Waals surface area contributed by atoms with Gasteiger partial charge in [-0.1, -0.05) is 64.7 Å². The van der Waals surface area contributed by atoms with Gasteiger partial charge in [0.1, 0.15) is 0 Å². The van der Waals surface area contributed by atoms with E-state index in [9.17, 15) is 0 Å². The van der Waals surface area contributed by atoms with Gasteiger partial charge in [0.25, 0.3) is 0 Å². The van der Waals surface area contributed by atoms with Crippen molar-refractivity contribution in [3.63, 3.8) is 0 Å². The molecular weight excluding hydrogens is 234 g/mol. The molecule has 4 heteroatoms. The number of unbranched alkanes of at least 4 members (excludes halogenated alkanes) is 9. The van der Waals surface area contributed by atoms with Crippen LogP contribution in [0.25, 0.3) is 0 Å². The Hall–Kier alpha value is -0.440. The summed E-state index contributed by atoms with van der Waals surface area (Å²) in [4.78, 5) is 3.96. The van der Waals surface area contributed by atoms with Crippen molar-refractivity contribution in [2.24, 2.45) is 16.5 Å². The molecule has 0 saturated heterocycles. The first-order valence-electron chi connectivity index (χ1n) is 6.82. The Balaban J connectivity index is 0. The van der Waals surface area contributed by atoms with E-state index in [2.05, 4.69) is 11.9 Å². The third-order valence-electron chi connectivity index (χ3n) is 2.81. The van der Waals surface area contributed by atoms with Crippen LogP contribution in [0.2, 0.25) is 0 Å². The van der Waals surface area contributed by atoms with E-state index >= 15 is 0 Å². The molecular formula is C13H30ClN3. The van der Waals surface area contributed by atoms with E-state index in [1.807, 2.05) is 0 Å². The van der Waals surface area contributed by atoms with Crippen molar-refractivity contribution < 1.29 is 0 Å². The van der Waals surface area contributed by atoms with Gasteiger partial charge in [0.05, 0.1) is 0 Å². The summed E-state index contributed by atoms with van der Waals surface area (Å²) in [7, 11) is 0. The van der Waals surface area contributed by atoms with Gasteiger partial charge in [-0.25, -0.2) is 0 Å². The molecule has 17 heavy (non-hydrogen) atoms. The van der Waals surface area contributed by atoms with Crippen molar-refractivity contribution in [3.8, 4) is 0 Å². The highest BCUT2D eigenvalue weighted by Crippen LogP contribution is 2.10. The number of rotatable bonds is 11. The Morgan fingerprint density at radius 2 is 1.18 bits per heavy atom. The molecule has 0 aliphatic heterocycles. The lowest BCUT2D eigenvalue weighted by atomic mass is 10.1. The Bertz CT molecular complexity index is 168. The van der Waals surface area contributed by atoms with Crippen molar-refractivity contribution in [1.82, 2.24) is 0 Å². The molecule has 0 aromatic carbocycles. The van der Waals surface area contributed by atoms with E-state index in [-0.39, 0.29) is 18.4 Å². The maximum absolute atomic E-state index is 5.24. The van der Waals surface area contributed by atoms with Gasteiger partial charge in [-0.15, -0.1) is 12.4 Å². The number of halogens is 1. The molecule has 0 amide bonds. The number of nitrogens with zero attached hydrogens (tertiary/aromatic N) is 1. The first-order chi connectivity index (χ1) is 7.77. The molecule has 0 spiro atoms. The first-order valence-corrected chi connectivity index (χ1v) is 6.82. The molecule has 0 radical (unpaired) electrons. The molecule has 3 nitrogen and oxygen atoms in total. The Morgan fingerprint density at radius 1 is 0.765 bits per heavy atom. The van der Waals surface area contributed by atoms with Crippen LogP contribution in [0.15, 0.2) is 4.99 Å². The minimum absolute atomic E-state index is 0. The van der Waals surface area contributed by atoms with Gasteiger partial charge in [0.2, 0.25) is 0 Å². The van der Waals surface area contributed by atoms with Crippen molar-refractivity contribution in [1.29, 1.82) is 0 Å². The normalized spacial score (nSPS) is 9.71. The largest absolute Gasteiger partial charge is 0.370 e. The smallest absolute Gasteiger partial charge is 0.185 e. The van der Waals surface area contributed by atoms with E-state index in [0.29, 0.717) is 0 Å². The summed E-state index contributed by atoms with van der Waals surface area (Å²) in [6, 6.07) is 0. The van der Waals surface area contributed by atoms with E-state index in [4.69, 9.17) is 11.5 Å². The number of nitrogens with two attached hydrogens (primary N) is 2. The molecule has 0 saturated carbocycles. The fourth-order valence-corrected chi connectivity index (χ4v) is 1.81. The lowest BCUT2D eigenvalue weighted by molar-refractivity contribution is 0.558. The topological polar surface area (TPSA) is 64.4 Å². The molecule has 0 aromatic rings. The molecule has 104 valence electrons. The minimum Gasteiger partial charge on any atom is -0.370 e. The summed E-state index contributed by atoms with van der Waals surface area (Å²) < 4.78 is 0. The van der Waals surface area contributed by atoms with Gasteiger partial charge in [-0.05, 0) is 6.42 Å². The van der Waals surface area contributed by atoms with E-state index in [0.717, 1.165) is 13.0 Å². The Labute approximate surface area is 113 Å². The third kappa shape index (κ3) is 18.1. The molecule has 0 unspecified atom stereocenters. The minimum atomic E-state index is 0. The standard InChI is InChI=1S/C13H29N3.ClH/c1-2-3-4-5-6-7-8-9-10-11-12-16-13(14)15;/h2-12H2,1H3,(H4,14,15,16);1H. The summed E-state index contributed by atoms with van der Waals surface area (Å²) in [6.07, 6.45) is 13.5. The van der Waals surface area contributed by atoms with Crippen LogP contribution in [-0.4, -0.2) is 12.5 Å². The lowest BCUT2D eigenvalue weighted by Crippen LogP contribution is -2.22. The zero-order valence-corrected chi connectivity index (χ0v) is 12.1. The van der Waals surface area contributed by atoms with Crippen LogP contribution in [0.3, 0.4) is 0 Å². The van der Waals surface area contributed by atoms with E-state index in [1.165, 1.54) is 57.8 Å². The molecule has 0 aromatic heterocycles. The molecule has 0 bridgehead atoms. The molecule has 0 rings (SSSR count). The quantitative estimate of drug-likeness (QED) is 0.340. The van der Waals surface area contributed by atoms with Crippen molar-refractivity contribution in [2.75, 3.05) is 6.54 Å². The average molecular weight is 264 g/mol. The van der Waals surface area contributed by atoms with Gasteiger partial charge >= 0.3 is 0 Å².